The van der Waals surface area contributed by atoms with Gasteiger partial charge in [-0.1, -0.05) is 88.4 Å². The number of ether oxygens (including phenoxy) is 6. The van der Waals surface area contributed by atoms with E-state index in [4.69, 9.17) is 28.4 Å². The van der Waals surface area contributed by atoms with Crippen LogP contribution in [0.5, 0.6) is 0 Å². The van der Waals surface area contributed by atoms with Crippen molar-refractivity contribution in [1.29, 1.82) is 0 Å². The van der Waals surface area contributed by atoms with Crippen molar-refractivity contribution in [3.63, 3.8) is 0 Å². The fourth-order valence-electron chi connectivity index (χ4n) is 5.97. The number of carbonyl (C=O) groups is 2. The lowest BCUT2D eigenvalue weighted by molar-refractivity contribution is -0.336. The molecule has 2 aromatic rings. The Kier molecular flexibility index (Phi) is 12.2. The second-order valence-electron chi connectivity index (χ2n) is 16.8. The fourth-order valence-corrected chi connectivity index (χ4v) is 5.97. The van der Waals surface area contributed by atoms with Crippen molar-refractivity contribution in [1.82, 2.24) is 10.6 Å². The molecule has 10 heteroatoms. The summed E-state index contributed by atoms with van der Waals surface area (Å²) in [7, 11) is 0. The highest BCUT2D eigenvalue weighted by atomic mass is 16.7. The number of nitrogens with one attached hydrogen (secondary N) is 2. The minimum atomic E-state index is -0.655. The minimum Gasteiger partial charge on any atom is -0.449 e. The molecule has 0 bridgehead atoms. The van der Waals surface area contributed by atoms with E-state index >= 15 is 0 Å². The van der Waals surface area contributed by atoms with E-state index < -0.39 is 52.1 Å². The van der Waals surface area contributed by atoms with Crippen LogP contribution in [0.2, 0.25) is 0 Å². The highest BCUT2D eigenvalue weighted by Crippen LogP contribution is 2.39. The standard InChI is InChI=1S/C41H58N2O8/c1-27(2)29-15-13-17-31(19-29)39(9,10)42-35(44)50-21-37(5,6)33-46-23-41(24-47-33)25-48-34(49-26-41)38(7,8)22-51-36(45)43-40(11,12)32-18-14-16-30(20-32)28(3)4/h13-20,33-34H,1,3,21-26H2,2,4-12H3,(H,42,44)(H,43,45). The maximum atomic E-state index is 12.9. The van der Waals surface area contributed by atoms with E-state index in [2.05, 4.69) is 23.8 Å². The van der Waals surface area contributed by atoms with Crippen LogP contribution in [0.3, 0.4) is 0 Å². The molecule has 2 amide bonds. The lowest BCUT2D eigenvalue weighted by atomic mass is 9.86. The Hall–Kier alpha value is -3.70. The first-order chi connectivity index (χ1) is 23.6. The summed E-state index contributed by atoms with van der Waals surface area (Å²) >= 11 is 0. The number of alkyl carbamates (subject to hydrolysis) is 2. The average molecular weight is 707 g/mol. The van der Waals surface area contributed by atoms with Gasteiger partial charge in [-0.2, -0.15) is 0 Å². The number of carbonyl (C=O) groups excluding carboxylic acids is 2. The van der Waals surface area contributed by atoms with Crippen molar-refractivity contribution in [3.8, 4) is 0 Å². The molecule has 1 spiro atoms. The van der Waals surface area contributed by atoms with Gasteiger partial charge in [-0.05, 0) is 75.9 Å². The number of rotatable bonds is 12. The van der Waals surface area contributed by atoms with Gasteiger partial charge in [0, 0.05) is 10.8 Å². The monoisotopic (exact) mass is 706 g/mol. The Balaban J connectivity index is 1.21. The summed E-state index contributed by atoms with van der Waals surface area (Å²) in [5.74, 6) is 0. The van der Waals surface area contributed by atoms with Crippen LogP contribution in [0.15, 0.2) is 61.7 Å². The minimum absolute atomic E-state index is 0.0906. The van der Waals surface area contributed by atoms with Crippen molar-refractivity contribution < 1.29 is 38.0 Å². The summed E-state index contributed by atoms with van der Waals surface area (Å²) in [5, 5.41) is 5.95. The summed E-state index contributed by atoms with van der Waals surface area (Å²) in [6.07, 6.45) is -2.24. The normalized spacial score (nSPS) is 21.5. The molecule has 10 nitrogen and oxygen atoms in total. The second kappa shape index (κ2) is 15.5. The number of benzene rings is 2. The molecule has 280 valence electrons. The SMILES string of the molecule is C=C(C)c1cccc(C(C)(C)NC(=O)OCC(C)(C)C2OCC3(CO2)COC(C(C)(C)COC(=O)NC(C)(C)c2cccc(C(=C)C)c2)OC3)c1. The summed E-state index contributed by atoms with van der Waals surface area (Å²) in [5.41, 5.74) is 2.80. The van der Waals surface area contributed by atoms with Gasteiger partial charge in [0.25, 0.3) is 0 Å². The first-order valence-electron chi connectivity index (χ1n) is 17.5. The largest absolute Gasteiger partial charge is 0.449 e. The third-order valence-corrected chi connectivity index (χ3v) is 9.57. The van der Waals surface area contributed by atoms with Gasteiger partial charge in [0.1, 0.15) is 13.2 Å². The van der Waals surface area contributed by atoms with Gasteiger partial charge in [0.15, 0.2) is 12.6 Å². The molecule has 0 radical (unpaired) electrons. The van der Waals surface area contributed by atoms with E-state index in [0.717, 1.165) is 33.4 Å². The van der Waals surface area contributed by atoms with Gasteiger partial charge in [0.2, 0.25) is 0 Å². The Morgan fingerprint density at radius 1 is 0.667 bits per heavy atom. The Bertz CT molecular complexity index is 1460. The highest BCUT2D eigenvalue weighted by Gasteiger charge is 2.48. The van der Waals surface area contributed by atoms with Crippen LogP contribution in [0.25, 0.3) is 11.1 Å². The van der Waals surface area contributed by atoms with Crippen LogP contribution in [-0.2, 0) is 39.5 Å². The summed E-state index contributed by atoms with van der Waals surface area (Å²) in [6.45, 7) is 29.0. The predicted molar refractivity (Wildman–Crippen MR) is 199 cm³/mol. The fraction of sp³-hybridized carbons (Fsp3) is 0.561. The topological polar surface area (TPSA) is 114 Å². The lowest BCUT2D eigenvalue weighted by Gasteiger charge is -2.48. The maximum absolute atomic E-state index is 12.9. The van der Waals surface area contributed by atoms with Crippen molar-refractivity contribution >= 4 is 23.3 Å². The molecule has 2 heterocycles. The summed E-state index contributed by atoms with van der Waals surface area (Å²) < 4.78 is 36.1. The molecule has 2 aliphatic heterocycles. The maximum Gasteiger partial charge on any atom is 0.407 e. The second-order valence-corrected chi connectivity index (χ2v) is 16.8. The first-order valence-corrected chi connectivity index (χ1v) is 17.5. The van der Waals surface area contributed by atoms with E-state index in [9.17, 15) is 9.59 Å². The van der Waals surface area contributed by atoms with Crippen LogP contribution in [0.4, 0.5) is 9.59 Å². The molecule has 2 saturated heterocycles. The molecule has 0 aromatic heterocycles. The van der Waals surface area contributed by atoms with Crippen LogP contribution in [0, 0.1) is 16.2 Å². The van der Waals surface area contributed by atoms with Crippen molar-refractivity contribution in [2.45, 2.75) is 92.9 Å². The summed E-state index contributed by atoms with van der Waals surface area (Å²) in [6, 6.07) is 15.9. The third-order valence-electron chi connectivity index (χ3n) is 9.57. The number of allylic oxidation sites excluding steroid dienone is 2. The molecule has 51 heavy (non-hydrogen) atoms. The predicted octanol–water partition coefficient (Wildman–Crippen LogP) is 8.16. The molecular formula is C41H58N2O8. The smallest absolute Gasteiger partial charge is 0.407 e. The zero-order valence-electron chi connectivity index (χ0n) is 32.2. The van der Waals surface area contributed by atoms with Crippen LogP contribution in [0.1, 0.15) is 91.5 Å². The molecular weight excluding hydrogens is 648 g/mol. The summed E-state index contributed by atoms with van der Waals surface area (Å²) in [4.78, 5) is 25.7. The average Bonchev–Trinajstić information content (AvgIpc) is 3.07. The van der Waals surface area contributed by atoms with E-state index in [1.807, 2.05) is 118 Å². The molecule has 2 N–H and O–H groups in total. The highest BCUT2D eigenvalue weighted by molar-refractivity contribution is 5.70. The molecule has 4 rings (SSSR count). The molecule has 2 fully saturated rings. The molecule has 0 aliphatic carbocycles. The Labute approximate surface area is 304 Å². The van der Waals surface area contributed by atoms with Crippen LogP contribution >= 0.6 is 0 Å². The number of hydrogen-bond donors (Lipinski definition) is 2. The van der Waals surface area contributed by atoms with E-state index in [1.165, 1.54) is 0 Å². The van der Waals surface area contributed by atoms with Crippen molar-refractivity contribution in [3.05, 3.63) is 83.9 Å². The molecule has 0 unspecified atom stereocenters. The molecule has 2 aromatic carbocycles. The number of hydrogen-bond acceptors (Lipinski definition) is 8. The van der Waals surface area contributed by atoms with Crippen LogP contribution in [-0.4, -0.2) is 64.4 Å². The van der Waals surface area contributed by atoms with Gasteiger partial charge >= 0.3 is 12.2 Å². The van der Waals surface area contributed by atoms with Crippen LogP contribution < -0.4 is 10.6 Å². The zero-order valence-corrected chi connectivity index (χ0v) is 32.2. The van der Waals surface area contributed by atoms with Gasteiger partial charge in [-0.15, -0.1) is 0 Å². The number of amides is 2. The Morgan fingerprint density at radius 3 is 1.31 bits per heavy atom. The molecule has 2 aliphatic rings. The van der Waals surface area contributed by atoms with E-state index in [-0.39, 0.29) is 13.2 Å². The molecule has 0 atom stereocenters. The quantitative estimate of drug-likeness (QED) is 0.227. The zero-order chi connectivity index (χ0) is 37.8. The van der Waals surface area contributed by atoms with E-state index in [0.29, 0.717) is 26.4 Å². The first kappa shape index (κ1) is 40.1. The van der Waals surface area contributed by atoms with Crippen molar-refractivity contribution in [2.75, 3.05) is 39.6 Å². The van der Waals surface area contributed by atoms with E-state index in [1.54, 1.807) is 0 Å². The van der Waals surface area contributed by atoms with Gasteiger partial charge in [-0.3, -0.25) is 0 Å². The Morgan fingerprint density at radius 2 is 1.00 bits per heavy atom. The van der Waals surface area contributed by atoms with Gasteiger partial charge < -0.3 is 39.1 Å². The lowest BCUT2D eigenvalue weighted by Crippen LogP contribution is -2.57. The van der Waals surface area contributed by atoms with Gasteiger partial charge in [-0.25, -0.2) is 9.59 Å². The van der Waals surface area contributed by atoms with Crippen molar-refractivity contribution in [2.24, 2.45) is 16.2 Å². The molecule has 0 saturated carbocycles. The third kappa shape index (κ3) is 10.2. The van der Waals surface area contributed by atoms with Gasteiger partial charge in [0.05, 0.1) is 42.9 Å².